The minimum absolute atomic E-state index is 0.376. The third-order valence-electron chi connectivity index (χ3n) is 1.62. The van der Waals surface area contributed by atoms with E-state index in [0.29, 0.717) is 10.8 Å². The molecule has 0 unspecified atom stereocenters. The molecule has 4 nitrogen and oxygen atoms in total. The van der Waals surface area contributed by atoms with E-state index in [2.05, 4.69) is 26.2 Å². The zero-order valence-electron chi connectivity index (χ0n) is 6.98. The maximum absolute atomic E-state index is 5.88. The Labute approximate surface area is 93.8 Å². The maximum atomic E-state index is 5.88. The second-order valence-corrected chi connectivity index (χ2v) is 4.07. The van der Waals surface area contributed by atoms with E-state index >= 15 is 0 Å². The number of halogens is 2. The van der Waals surface area contributed by atoms with E-state index < -0.39 is 0 Å². The molecule has 0 saturated heterocycles. The SMILES string of the molecule is Nc1cn(-c2cc(Cl)cc(Br)c2)nn1. The maximum Gasteiger partial charge on any atom is 0.166 e. The minimum Gasteiger partial charge on any atom is -0.381 e. The van der Waals surface area contributed by atoms with Crippen molar-refractivity contribution in [3.05, 3.63) is 33.9 Å². The van der Waals surface area contributed by atoms with Gasteiger partial charge >= 0.3 is 0 Å². The number of hydrogen-bond donors (Lipinski definition) is 1. The molecule has 0 saturated carbocycles. The molecule has 6 heteroatoms. The van der Waals surface area contributed by atoms with Crippen molar-refractivity contribution in [3.63, 3.8) is 0 Å². The van der Waals surface area contributed by atoms with Gasteiger partial charge in [-0.2, -0.15) is 0 Å². The Morgan fingerprint density at radius 3 is 2.71 bits per heavy atom. The van der Waals surface area contributed by atoms with Crippen LogP contribution >= 0.6 is 27.5 Å². The first kappa shape index (κ1) is 9.48. The molecule has 1 heterocycles. The van der Waals surface area contributed by atoms with Crippen LogP contribution in [-0.2, 0) is 0 Å². The highest BCUT2D eigenvalue weighted by Crippen LogP contribution is 2.21. The van der Waals surface area contributed by atoms with Crippen LogP contribution in [0.3, 0.4) is 0 Å². The lowest BCUT2D eigenvalue weighted by Gasteiger charge is -2.01. The van der Waals surface area contributed by atoms with Gasteiger partial charge in [-0.1, -0.05) is 32.7 Å². The molecule has 0 aliphatic rings. The van der Waals surface area contributed by atoms with Crippen LogP contribution in [0.2, 0.25) is 5.02 Å². The lowest BCUT2D eigenvalue weighted by atomic mass is 10.3. The van der Waals surface area contributed by atoms with Gasteiger partial charge in [0.1, 0.15) is 0 Å². The molecule has 72 valence electrons. The number of nitrogen functional groups attached to an aromatic ring is 1. The van der Waals surface area contributed by atoms with Gasteiger partial charge in [0.2, 0.25) is 0 Å². The van der Waals surface area contributed by atoms with Crippen LogP contribution in [0.25, 0.3) is 5.69 Å². The Bertz CT molecular complexity index is 448. The Hall–Kier alpha value is -1.07. The summed E-state index contributed by atoms with van der Waals surface area (Å²) in [6.07, 6.45) is 1.62. The number of rotatable bonds is 1. The van der Waals surface area contributed by atoms with Crippen molar-refractivity contribution >= 4 is 33.3 Å². The van der Waals surface area contributed by atoms with Crippen LogP contribution in [0.1, 0.15) is 0 Å². The van der Waals surface area contributed by atoms with Gasteiger partial charge in [0.25, 0.3) is 0 Å². The molecule has 0 radical (unpaired) electrons. The summed E-state index contributed by atoms with van der Waals surface area (Å²) in [5, 5.41) is 8.14. The van der Waals surface area contributed by atoms with E-state index in [0.717, 1.165) is 10.2 Å². The summed E-state index contributed by atoms with van der Waals surface area (Å²) < 4.78 is 2.44. The van der Waals surface area contributed by atoms with Crippen molar-refractivity contribution in [2.45, 2.75) is 0 Å². The Morgan fingerprint density at radius 2 is 2.14 bits per heavy atom. The molecule has 1 aromatic heterocycles. The van der Waals surface area contributed by atoms with Gasteiger partial charge in [0.15, 0.2) is 5.82 Å². The highest BCUT2D eigenvalue weighted by molar-refractivity contribution is 9.10. The molecule has 2 N–H and O–H groups in total. The molecule has 2 rings (SSSR count). The summed E-state index contributed by atoms with van der Waals surface area (Å²) in [4.78, 5) is 0. The van der Waals surface area contributed by atoms with E-state index in [-0.39, 0.29) is 0 Å². The smallest absolute Gasteiger partial charge is 0.166 e. The summed E-state index contributed by atoms with van der Waals surface area (Å²) in [5.74, 6) is 0.376. The second-order valence-electron chi connectivity index (χ2n) is 2.72. The summed E-state index contributed by atoms with van der Waals surface area (Å²) in [5.41, 5.74) is 6.27. The van der Waals surface area contributed by atoms with Crippen LogP contribution in [0, 0.1) is 0 Å². The molecule has 0 spiro atoms. The summed E-state index contributed by atoms with van der Waals surface area (Å²) in [6.45, 7) is 0. The van der Waals surface area contributed by atoms with E-state index in [4.69, 9.17) is 17.3 Å². The van der Waals surface area contributed by atoms with Crippen LogP contribution in [-0.4, -0.2) is 15.0 Å². The molecule has 2 aromatic rings. The van der Waals surface area contributed by atoms with Crippen molar-refractivity contribution in [1.29, 1.82) is 0 Å². The fourth-order valence-electron chi connectivity index (χ4n) is 1.07. The van der Waals surface area contributed by atoms with Crippen molar-refractivity contribution in [3.8, 4) is 5.69 Å². The first-order valence-electron chi connectivity index (χ1n) is 3.79. The average Bonchev–Trinajstić information content (AvgIpc) is 2.50. The first-order chi connectivity index (χ1) is 6.65. The number of aromatic nitrogens is 3. The second kappa shape index (κ2) is 3.59. The van der Waals surface area contributed by atoms with Gasteiger partial charge in [-0.25, -0.2) is 4.68 Å². The third kappa shape index (κ3) is 1.88. The van der Waals surface area contributed by atoms with E-state index in [1.807, 2.05) is 6.07 Å². The lowest BCUT2D eigenvalue weighted by Crippen LogP contribution is -1.94. The predicted molar refractivity (Wildman–Crippen MR) is 58.5 cm³/mol. The van der Waals surface area contributed by atoms with Gasteiger partial charge in [0.05, 0.1) is 11.9 Å². The van der Waals surface area contributed by atoms with Crippen molar-refractivity contribution in [2.24, 2.45) is 0 Å². The lowest BCUT2D eigenvalue weighted by molar-refractivity contribution is 0.803. The summed E-state index contributed by atoms with van der Waals surface area (Å²) in [7, 11) is 0. The first-order valence-corrected chi connectivity index (χ1v) is 4.96. The van der Waals surface area contributed by atoms with E-state index in [9.17, 15) is 0 Å². The zero-order chi connectivity index (χ0) is 10.1. The van der Waals surface area contributed by atoms with Gasteiger partial charge in [-0.15, -0.1) is 5.10 Å². The Kier molecular flexibility index (Phi) is 2.43. The van der Waals surface area contributed by atoms with Crippen LogP contribution in [0.5, 0.6) is 0 Å². The fraction of sp³-hybridized carbons (Fsp3) is 0. The van der Waals surface area contributed by atoms with E-state index in [1.54, 1.807) is 23.0 Å². The minimum atomic E-state index is 0.376. The molecule has 0 amide bonds. The highest BCUT2D eigenvalue weighted by Gasteiger charge is 2.02. The molecule has 0 aliphatic heterocycles. The molecule has 0 fully saturated rings. The highest BCUT2D eigenvalue weighted by atomic mass is 79.9. The van der Waals surface area contributed by atoms with E-state index in [1.165, 1.54) is 0 Å². The third-order valence-corrected chi connectivity index (χ3v) is 2.30. The standard InChI is InChI=1S/C8H6BrClN4/c9-5-1-6(10)3-7(2-5)14-4-8(11)12-13-14/h1-4H,11H2. The average molecular weight is 274 g/mol. The largest absolute Gasteiger partial charge is 0.381 e. The number of nitrogens with zero attached hydrogens (tertiary/aromatic N) is 3. The zero-order valence-corrected chi connectivity index (χ0v) is 9.33. The van der Waals surface area contributed by atoms with Crippen molar-refractivity contribution in [1.82, 2.24) is 15.0 Å². The topological polar surface area (TPSA) is 56.7 Å². The molecule has 0 bridgehead atoms. The van der Waals surface area contributed by atoms with Crippen LogP contribution < -0.4 is 5.73 Å². The quantitative estimate of drug-likeness (QED) is 0.867. The number of anilines is 1. The van der Waals surface area contributed by atoms with Gasteiger partial charge in [-0.3, -0.25) is 0 Å². The van der Waals surface area contributed by atoms with Crippen molar-refractivity contribution in [2.75, 3.05) is 5.73 Å². The molecular weight excluding hydrogens is 267 g/mol. The summed E-state index contributed by atoms with van der Waals surface area (Å²) in [6, 6.07) is 5.45. The Balaban J connectivity index is 2.51. The van der Waals surface area contributed by atoms with Gasteiger partial charge in [0, 0.05) is 9.50 Å². The predicted octanol–water partition coefficient (Wildman–Crippen LogP) is 2.27. The van der Waals surface area contributed by atoms with Crippen LogP contribution in [0.15, 0.2) is 28.9 Å². The van der Waals surface area contributed by atoms with Crippen LogP contribution in [0.4, 0.5) is 5.82 Å². The molecule has 14 heavy (non-hydrogen) atoms. The Morgan fingerprint density at radius 1 is 1.36 bits per heavy atom. The van der Waals surface area contributed by atoms with Gasteiger partial charge in [-0.05, 0) is 18.2 Å². The molecule has 0 aliphatic carbocycles. The molecular formula is C8H6BrClN4. The number of benzene rings is 1. The molecule has 0 atom stereocenters. The molecule has 1 aromatic carbocycles. The fourth-order valence-corrected chi connectivity index (χ4v) is 1.92. The monoisotopic (exact) mass is 272 g/mol. The summed E-state index contributed by atoms with van der Waals surface area (Å²) >= 11 is 9.22. The number of hydrogen-bond acceptors (Lipinski definition) is 3. The van der Waals surface area contributed by atoms with Gasteiger partial charge < -0.3 is 5.73 Å². The van der Waals surface area contributed by atoms with Crippen molar-refractivity contribution < 1.29 is 0 Å². The normalized spacial score (nSPS) is 10.4. The number of nitrogens with two attached hydrogens (primary N) is 1.